The molecular formula is C13H12Cl3N3O. The number of nitrogens with zero attached hydrogens (tertiary/aromatic N) is 2. The van der Waals surface area contributed by atoms with Gasteiger partial charge in [0.15, 0.2) is 0 Å². The number of aromatic nitrogens is 2. The fourth-order valence-corrected chi connectivity index (χ4v) is 1.98. The maximum Gasteiger partial charge on any atom is 0.243 e. The van der Waals surface area contributed by atoms with Gasteiger partial charge in [-0.05, 0) is 24.6 Å². The highest BCUT2D eigenvalue weighted by molar-refractivity contribution is 6.35. The third-order valence-corrected chi connectivity index (χ3v) is 3.14. The molecule has 0 aliphatic heterocycles. The minimum Gasteiger partial charge on any atom is -0.436 e. The Hall–Kier alpha value is -1.23. The summed E-state index contributed by atoms with van der Waals surface area (Å²) < 4.78 is 5.60. The molecule has 0 bridgehead atoms. The van der Waals surface area contributed by atoms with Gasteiger partial charge in [0.1, 0.15) is 10.8 Å². The number of ether oxygens (including phenoxy) is 1. The molecule has 0 saturated carbocycles. The molecule has 7 heteroatoms. The van der Waals surface area contributed by atoms with Crippen molar-refractivity contribution in [2.24, 2.45) is 0 Å². The van der Waals surface area contributed by atoms with Gasteiger partial charge in [0.05, 0.1) is 11.2 Å². The summed E-state index contributed by atoms with van der Waals surface area (Å²) in [5.41, 5.74) is 0. The van der Waals surface area contributed by atoms with Gasteiger partial charge >= 0.3 is 0 Å². The Labute approximate surface area is 132 Å². The van der Waals surface area contributed by atoms with Crippen LogP contribution in [0, 0.1) is 0 Å². The number of hydrogen-bond acceptors (Lipinski definition) is 4. The second kappa shape index (κ2) is 6.97. The Balaban J connectivity index is 2.23. The van der Waals surface area contributed by atoms with Gasteiger partial charge in [-0.2, -0.15) is 4.98 Å². The smallest absolute Gasteiger partial charge is 0.243 e. The average Bonchev–Trinajstić information content (AvgIpc) is 2.42. The standard InChI is InChI=1S/C13H12Cl3N3O/c1-2-5-17-13-18-7-10(16)12(19-13)20-11-4-3-8(14)6-9(11)15/h3-4,6-7H,2,5H2,1H3,(H,17,18,19). The summed E-state index contributed by atoms with van der Waals surface area (Å²) in [5, 5.41) is 4.27. The molecule has 2 aromatic rings. The van der Waals surface area contributed by atoms with E-state index in [1.54, 1.807) is 18.2 Å². The fraction of sp³-hybridized carbons (Fsp3) is 0.231. The van der Waals surface area contributed by atoms with Gasteiger partial charge < -0.3 is 10.1 Å². The van der Waals surface area contributed by atoms with Gasteiger partial charge in [0.2, 0.25) is 11.8 Å². The van der Waals surface area contributed by atoms with Gasteiger partial charge in [-0.15, -0.1) is 0 Å². The zero-order chi connectivity index (χ0) is 14.5. The summed E-state index contributed by atoms with van der Waals surface area (Å²) in [4.78, 5) is 8.27. The molecular weight excluding hydrogens is 321 g/mol. The molecule has 20 heavy (non-hydrogen) atoms. The van der Waals surface area contributed by atoms with Gasteiger partial charge in [-0.1, -0.05) is 41.7 Å². The molecule has 4 nitrogen and oxygen atoms in total. The predicted octanol–water partition coefficient (Wildman–Crippen LogP) is 5.05. The van der Waals surface area contributed by atoms with Crippen molar-refractivity contribution in [3.05, 3.63) is 39.5 Å². The molecule has 0 radical (unpaired) electrons. The summed E-state index contributed by atoms with van der Waals surface area (Å²) in [7, 11) is 0. The van der Waals surface area contributed by atoms with E-state index in [9.17, 15) is 0 Å². The van der Waals surface area contributed by atoms with E-state index in [1.165, 1.54) is 6.20 Å². The van der Waals surface area contributed by atoms with E-state index >= 15 is 0 Å². The molecule has 0 amide bonds. The van der Waals surface area contributed by atoms with Crippen LogP contribution in [0.3, 0.4) is 0 Å². The van der Waals surface area contributed by atoms with Crippen molar-refractivity contribution in [1.82, 2.24) is 9.97 Å². The fourth-order valence-electron chi connectivity index (χ4n) is 1.41. The Morgan fingerprint density at radius 1 is 1.20 bits per heavy atom. The number of anilines is 1. The SMILES string of the molecule is CCCNc1ncc(Cl)c(Oc2ccc(Cl)cc2Cl)n1. The van der Waals surface area contributed by atoms with Crippen LogP contribution in [0.25, 0.3) is 0 Å². The van der Waals surface area contributed by atoms with Crippen LogP contribution in [-0.4, -0.2) is 16.5 Å². The maximum absolute atomic E-state index is 6.04. The van der Waals surface area contributed by atoms with E-state index in [4.69, 9.17) is 39.5 Å². The zero-order valence-electron chi connectivity index (χ0n) is 10.7. The molecule has 0 aliphatic rings. The molecule has 106 valence electrons. The van der Waals surface area contributed by atoms with Gasteiger partial charge in [0.25, 0.3) is 0 Å². The summed E-state index contributed by atoms with van der Waals surface area (Å²) in [6.45, 7) is 2.82. The second-order valence-electron chi connectivity index (χ2n) is 3.95. The second-order valence-corrected chi connectivity index (χ2v) is 5.20. The lowest BCUT2D eigenvalue weighted by atomic mass is 10.3. The molecule has 0 unspecified atom stereocenters. The molecule has 0 saturated heterocycles. The molecule has 0 atom stereocenters. The Morgan fingerprint density at radius 2 is 2.00 bits per heavy atom. The number of rotatable bonds is 5. The zero-order valence-corrected chi connectivity index (χ0v) is 12.9. The Bertz CT molecular complexity index is 607. The molecule has 1 aromatic carbocycles. The highest BCUT2D eigenvalue weighted by Crippen LogP contribution is 2.33. The van der Waals surface area contributed by atoms with Crippen LogP contribution >= 0.6 is 34.8 Å². The van der Waals surface area contributed by atoms with Crippen molar-refractivity contribution in [3.63, 3.8) is 0 Å². The summed E-state index contributed by atoms with van der Waals surface area (Å²) in [6.07, 6.45) is 2.44. The normalized spacial score (nSPS) is 10.4. The first kappa shape index (κ1) is 15.2. The summed E-state index contributed by atoms with van der Waals surface area (Å²) in [6, 6.07) is 4.92. The van der Waals surface area contributed by atoms with Crippen LogP contribution in [0.1, 0.15) is 13.3 Å². The minimum atomic E-state index is 0.240. The number of benzene rings is 1. The first-order chi connectivity index (χ1) is 9.60. The van der Waals surface area contributed by atoms with E-state index in [0.29, 0.717) is 26.8 Å². The lowest BCUT2D eigenvalue weighted by Crippen LogP contribution is -2.04. The molecule has 1 heterocycles. The lowest BCUT2D eigenvalue weighted by Gasteiger charge is -2.10. The topological polar surface area (TPSA) is 47.0 Å². The van der Waals surface area contributed by atoms with Crippen LogP contribution in [-0.2, 0) is 0 Å². The number of hydrogen-bond donors (Lipinski definition) is 1. The van der Waals surface area contributed by atoms with E-state index < -0.39 is 0 Å². The number of nitrogens with one attached hydrogen (secondary N) is 1. The summed E-state index contributed by atoms with van der Waals surface area (Å²) in [5.74, 6) is 1.12. The summed E-state index contributed by atoms with van der Waals surface area (Å²) >= 11 is 17.9. The van der Waals surface area contributed by atoms with E-state index in [1.807, 2.05) is 6.92 Å². The third kappa shape index (κ3) is 3.88. The van der Waals surface area contributed by atoms with Gasteiger partial charge in [-0.3, -0.25) is 0 Å². The predicted molar refractivity (Wildman–Crippen MR) is 82.4 cm³/mol. The lowest BCUT2D eigenvalue weighted by molar-refractivity contribution is 0.463. The number of halogens is 3. The highest BCUT2D eigenvalue weighted by atomic mass is 35.5. The quantitative estimate of drug-likeness (QED) is 0.832. The van der Waals surface area contributed by atoms with Crippen molar-refractivity contribution in [2.45, 2.75) is 13.3 Å². The van der Waals surface area contributed by atoms with Crippen LogP contribution in [0.2, 0.25) is 15.1 Å². The molecule has 0 aliphatic carbocycles. The van der Waals surface area contributed by atoms with Crippen molar-refractivity contribution >= 4 is 40.8 Å². The third-order valence-electron chi connectivity index (χ3n) is 2.35. The van der Waals surface area contributed by atoms with Crippen molar-refractivity contribution < 1.29 is 4.74 Å². The monoisotopic (exact) mass is 331 g/mol. The van der Waals surface area contributed by atoms with Gasteiger partial charge in [0, 0.05) is 11.6 Å². The largest absolute Gasteiger partial charge is 0.436 e. The average molecular weight is 333 g/mol. The van der Waals surface area contributed by atoms with Crippen LogP contribution < -0.4 is 10.1 Å². The maximum atomic E-state index is 6.04. The molecule has 1 N–H and O–H groups in total. The molecule has 0 spiro atoms. The van der Waals surface area contributed by atoms with Crippen molar-refractivity contribution in [3.8, 4) is 11.6 Å². The molecule has 0 fully saturated rings. The van der Waals surface area contributed by atoms with Gasteiger partial charge in [-0.25, -0.2) is 4.98 Å². The van der Waals surface area contributed by atoms with E-state index in [0.717, 1.165) is 13.0 Å². The van der Waals surface area contributed by atoms with Crippen molar-refractivity contribution in [2.75, 3.05) is 11.9 Å². The van der Waals surface area contributed by atoms with Crippen LogP contribution in [0.5, 0.6) is 11.6 Å². The van der Waals surface area contributed by atoms with E-state index in [-0.39, 0.29) is 5.88 Å². The van der Waals surface area contributed by atoms with Crippen LogP contribution in [0.15, 0.2) is 24.4 Å². The van der Waals surface area contributed by atoms with Crippen molar-refractivity contribution in [1.29, 1.82) is 0 Å². The molecule has 2 rings (SSSR count). The van der Waals surface area contributed by atoms with Crippen LogP contribution in [0.4, 0.5) is 5.95 Å². The first-order valence-electron chi connectivity index (χ1n) is 5.99. The first-order valence-corrected chi connectivity index (χ1v) is 7.13. The Morgan fingerprint density at radius 3 is 2.70 bits per heavy atom. The molecule has 1 aromatic heterocycles. The highest BCUT2D eigenvalue weighted by Gasteiger charge is 2.10. The minimum absolute atomic E-state index is 0.240. The van der Waals surface area contributed by atoms with E-state index in [2.05, 4.69) is 15.3 Å². The Kier molecular flexibility index (Phi) is 5.29.